The molecular formula is C42H40FN7O8. The summed E-state index contributed by atoms with van der Waals surface area (Å²) in [4.78, 5) is 55.4. The largest absolute Gasteiger partial charge is 0.494 e. The maximum Gasteiger partial charge on any atom is 0.414 e. The number of hydrogen-bond donors (Lipinski definition) is 3. The molecule has 0 saturated carbocycles. The van der Waals surface area contributed by atoms with E-state index in [2.05, 4.69) is 10.2 Å². The lowest BCUT2D eigenvalue weighted by atomic mass is 9.98. The van der Waals surface area contributed by atoms with Gasteiger partial charge < -0.3 is 35.2 Å². The summed E-state index contributed by atoms with van der Waals surface area (Å²) >= 11 is 0. The summed E-state index contributed by atoms with van der Waals surface area (Å²) in [6, 6.07) is 24.8. The van der Waals surface area contributed by atoms with E-state index in [0.29, 0.717) is 42.9 Å². The number of Topliss-reactive ketones (excluding diaryl/α,β-unsaturated/α-hetero) is 1. The van der Waals surface area contributed by atoms with E-state index in [9.17, 15) is 29.4 Å². The van der Waals surface area contributed by atoms with Crippen LogP contribution in [0, 0.1) is 5.82 Å². The first-order valence-electron chi connectivity index (χ1n) is 18.9. The number of ketones is 1. The highest BCUT2D eigenvalue weighted by molar-refractivity contribution is 6.34. The maximum atomic E-state index is 15.2. The molecular weight excluding hydrogens is 750 g/mol. The lowest BCUT2D eigenvalue weighted by Crippen LogP contribution is -2.49. The van der Waals surface area contributed by atoms with Gasteiger partial charge in [-0.3, -0.25) is 19.1 Å². The van der Waals surface area contributed by atoms with Gasteiger partial charge in [-0.15, -0.1) is 0 Å². The number of azo groups is 1. The van der Waals surface area contributed by atoms with Gasteiger partial charge in [-0.2, -0.15) is 10.2 Å². The van der Waals surface area contributed by atoms with E-state index in [-0.39, 0.29) is 67.3 Å². The molecule has 298 valence electrons. The molecule has 4 N–H and O–H groups in total. The van der Waals surface area contributed by atoms with Crippen molar-refractivity contribution in [2.24, 2.45) is 16.0 Å². The van der Waals surface area contributed by atoms with E-state index in [1.807, 2.05) is 53.4 Å². The van der Waals surface area contributed by atoms with Crippen molar-refractivity contribution < 1.29 is 43.3 Å². The Labute approximate surface area is 331 Å². The molecule has 8 rings (SSSR count). The Kier molecular flexibility index (Phi) is 10.5. The predicted octanol–water partition coefficient (Wildman–Crippen LogP) is 5.22. The Bertz CT molecular complexity index is 2420. The number of carbonyl (C=O) groups excluding carboxylic acids is 4. The van der Waals surface area contributed by atoms with Gasteiger partial charge in [0.2, 0.25) is 17.7 Å². The van der Waals surface area contributed by atoms with Gasteiger partial charge in [-0.25, -0.2) is 14.0 Å². The summed E-state index contributed by atoms with van der Waals surface area (Å²) in [5.41, 5.74) is 10.8. The molecule has 2 fully saturated rings. The van der Waals surface area contributed by atoms with Crippen molar-refractivity contribution in [3.63, 3.8) is 0 Å². The van der Waals surface area contributed by atoms with Crippen LogP contribution in [0.5, 0.6) is 11.8 Å². The number of nitrogens with zero attached hydrogens (tertiary/aromatic N) is 6. The van der Waals surface area contributed by atoms with Crippen LogP contribution in [-0.4, -0.2) is 102 Å². The zero-order chi connectivity index (χ0) is 40.5. The molecule has 1 aliphatic carbocycles. The van der Waals surface area contributed by atoms with Crippen LogP contribution < -0.4 is 15.5 Å². The number of aromatic hydroxyl groups is 2. The molecule has 58 heavy (non-hydrogen) atoms. The number of anilines is 2. The van der Waals surface area contributed by atoms with Gasteiger partial charge in [0.25, 0.3) is 5.78 Å². The Morgan fingerprint density at radius 2 is 1.57 bits per heavy atom. The Morgan fingerprint density at radius 3 is 2.24 bits per heavy atom. The minimum atomic E-state index is -1.01. The zero-order valence-corrected chi connectivity index (χ0v) is 31.3. The van der Waals surface area contributed by atoms with Crippen molar-refractivity contribution in [3.8, 4) is 22.9 Å². The first kappa shape index (κ1) is 38.1. The molecule has 0 spiro atoms. The monoisotopic (exact) mass is 789 g/mol. The number of piperazine rings is 1. The summed E-state index contributed by atoms with van der Waals surface area (Å²) < 4.78 is 27.0. The highest BCUT2D eigenvalue weighted by atomic mass is 19.1. The van der Waals surface area contributed by atoms with Crippen LogP contribution in [0.1, 0.15) is 23.5 Å². The highest BCUT2D eigenvalue weighted by Gasteiger charge is 2.33. The van der Waals surface area contributed by atoms with Crippen molar-refractivity contribution in [3.05, 3.63) is 102 Å². The molecule has 1 atom stereocenters. The number of aromatic nitrogens is 1. The number of ether oxygens (including phenoxy) is 2. The molecule has 3 heterocycles. The smallest absolute Gasteiger partial charge is 0.414 e. The summed E-state index contributed by atoms with van der Waals surface area (Å²) in [7, 11) is 0. The Balaban J connectivity index is 0.826. The third-order valence-corrected chi connectivity index (χ3v) is 10.9. The average Bonchev–Trinajstić information content (AvgIpc) is 3.86. The number of rotatable bonds is 12. The number of benzene rings is 4. The molecule has 0 radical (unpaired) electrons. The number of esters is 1. The van der Waals surface area contributed by atoms with Crippen LogP contribution in [0.4, 0.5) is 26.2 Å². The summed E-state index contributed by atoms with van der Waals surface area (Å²) in [6.45, 7) is 1.28. The van der Waals surface area contributed by atoms with E-state index in [4.69, 9.17) is 15.2 Å². The summed E-state index contributed by atoms with van der Waals surface area (Å²) in [5.74, 6) is -3.29. The number of halogens is 1. The van der Waals surface area contributed by atoms with Crippen LogP contribution in [0.3, 0.4) is 0 Å². The van der Waals surface area contributed by atoms with E-state index in [0.717, 1.165) is 22.3 Å². The molecule has 0 unspecified atom stereocenters. The van der Waals surface area contributed by atoms with Crippen molar-refractivity contribution in [2.75, 3.05) is 62.2 Å². The highest BCUT2D eigenvalue weighted by Crippen LogP contribution is 2.44. The van der Waals surface area contributed by atoms with Gasteiger partial charge in [-0.1, -0.05) is 48.5 Å². The second-order valence-electron chi connectivity index (χ2n) is 14.3. The maximum absolute atomic E-state index is 15.2. The molecule has 4 aromatic carbocycles. The van der Waals surface area contributed by atoms with Gasteiger partial charge >= 0.3 is 12.1 Å². The first-order chi connectivity index (χ1) is 28.1. The van der Waals surface area contributed by atoms with Crippen molar-refractivity contribution in [1.82, 2.24) is 9.47 Å². The summed E-state index contributed by atoms with van der Waals surface area (Å²) in [6.07, 6.45) is -1.04. The second kappa shape index (κ2) is 16.0. The van der Waals surface area contributed by atoms with Crippen LogP contribution in [-0.2, 0) is 30.4 Å². The molecule has 2 saturated heterocycles. The number of amides is 2. The molecule has 1 aromatic heterocycles. The molecule has 2 aliphatic heterocycles. The molecule has 0 bridgehead atoms. The lowest BCUT2D eigenvalue weighted by Gasteiger charge is -2.36. The SMILES string of the molecule is NC[C@H]1CN(c2ccc(N3CCN(C(=O)CCn4c(O)c5ccc(N=NCC(=O)C(=O)OCC6c7ccccc7-c7ccccc76)cc5c4O)CC3)c(F)c2)C(=O)O1. The molecule has 5 aromatic rings. The van der Waals surface area contributed by atoms with E-state index < -0.39 is 36.3 Å². The standard InChI is InChI=1S/C42H40FN7O8/c43-35-20-26(50-23-27(21-44)58-42(50)56)10-12-36(35)47-15-17-48(18-16-47)38(52)13-14-49-39(53)32-11-9-25(19-33(32)40(49)54)46-45-22-37(51)41(55)57-24-34-30-7-3-1-5-28(30)29-6-2-4-8-31(29)34/h1-12,19-20,27,34,53-54H,13-18,21-24,44H2/t27-/m0/s1. The lowest BCUT2D eigenvalue weighted by molar-refractivity contribution is -0.153. The third-order valence-electron chi connectivity index (χ3n) is 10.9. The number of fused-ring (bicyclic) bond motifs is 4. The fourth-order valence-corrected chi connectivity index (χ4v) is 7.84. The fraction of sp³-hybridized carbons (Fsp3) is 0.286. The van der Waals surface area contributed by atoms with Crippen molar-refractivity contribution in [2.45, 2.75) is 25.0 Å². The van der Waals surface area contributed by atoms with Crippen LogP contribution in [0.15, 0.2) is 95.2 Å². The van der Waals surface area contributed by atoms with Gasteiger partial charge in [0.05, 0.1) is 23.6 Å². The molecule has 3 aliphatic rings. The van der Waals surface area contributed by atoms with E-state index >= 15 is 4.39 Å². The van der Waals surface area contributed by atoms with Gasteiger partial charge in [-0.05, 0) is 58.7 Å². The van der Waals surface area contributed by atoms with Gasteiger partial charge in [0.1, 0.15) is 25.1 Å². The number of nitrogens with two attached hydrogens (primary N) is 1. The van der Waals surface area contributed by atoms with Crippen LogP contribution in [0.25, 0.3) is 21.9 Å². The normalized spacial score (nSPS) is 16.6. The number of hydrogen-bond acceptors (Lipinski definition) is 12. The fourth-order valence-electron chi connectivity index (χ4n) is 7.84. The Morgan fingerprint density at radius 1 is 0.879 bits per heavy atom. The average molecular weight is 790 g/mol. The molecule has 16 heteroatoms. The van der Waals surface area contributed by atoms with Crippen molar-refractivity contribution >= 4 is 51.6 Å². The zero-order valence-electron chi connectivity index (χ0n) is 31.3. The minimum Gasteiger partial charge on any atom is -0.494 e. The second-order valence-corrected chi connectivity index (χ2v) is 14.3. The topological polar surface area (TPSA) is 193 Å². The third kappa shape index (κ3) is 7.29. The van der Waals surface area contributed by atoms with E-state index in [1.165, 1.54) is 33.7 Å². The molecule has 2 amide bonds. The van der Waals surface area contributed by atoms with Gasteiger partial charge in [0, 0.05) is 62.4 Å². The summed E-state index contributed by atoms with van der Waals surface area (Å²) in [5, 5.41) is 30.4. The quantitative estimate of drug-likeness (QED) is 0.0858. The van der Waals surface area contributed by atoms with Crippen molar-refractivity contribution in [1.29, 1.82) is 0 Å². The minimum absolute atomic E-state index is 0.00320. The van der Waals surface area contributed by atoms with E-state index in [1.54, 1.807) is 17.0 Å². The van der Waals surface area contributed by atoms with Crippen LogP contribution >= 0.6 is 0 Å². The Hall–Kier alpha value is -6.81. The van der Waals surface area contributed by atoms with Gasteiger partial charge in [0.15, 0.2) is 0 Å². The first-order valence-corrected chi connectivity index (χ1v) is 18.9. The number of carbonyl (C=O) groups is 4. The predicted molar refractivity (Wildman–Crippen MR) is 211 cm³/mol. The number of cyclic esters (lactones) is 1. The molecule has 15 nitrogen and oxygen atoms in total. The van der Waals surface area contributed by atoms with Crippen LogP contribution in [0.2, 0.25) is 0 Å².